The minimum atomic E-state index is -0.410. The summed E-state index contributed by atoms with van der Waals surface area (Å²) in [7, 11) is 0. The number of hydrogen-bond acceptors (Lipinski definition) is 2. The average molecular weight is 219 g/mol. The summed E-state index contributed by atoms with van der Waals surface area (Å²) >= 11 is 0. The van der Waals surface area contributed by atoms with E-state index in [0.717, 1.165) is 24.5 Å². The zero-order valence-corrected chi connectivity index (χ0v) is 9.67. The fourth-order valence-corrected chi connectivity index (χ4v) is 1.75. The van der Waals surface area contributed by atoms with Crippen molar-refractivity contribution < 1.29 is 5.11 Å². The van der Waals surface area contributed by atoms with E-state index in [4.69, 9.17) is 0 Å². The van der Waals surface area contributed by atoms with Crippen LogP contribution in [0.15, 0.2) is 30.9 Å². The van der Waals surface area contributed by atoms with Gasteiger partial charge in [-0.3, -0.25) is 0 Å². The molecule has 1 unspecified atom stereocenters. The van der Waals surface area contributed by atoms with Crippen LogP contribution in [-0.2, 0) is 13.1 Å². The number of aliphatic hydroxyl groups excluding tert-OH is 1. The van der Waals surface area contributed by atoms with Gasteiger partial charge in [0.05, 0.1) is 12.6 Å². The molecule has 4 heteroatoms. The molecule has 0 aromatic carbocycles. The van der Waals surface area contributed by atoms with Crippen LogP contribution in [0.1, 0.15) is 31.3 Å². The Morgan fingerprint density at radius 2 is 2.25 bits per heavy atom. The number of aryl methyl sites for hydroxylation is 1. The second-order valence-electron chi connectivity index (χ2n) is 3.92. The van der Waals surface area contributed by atoms with E-state index in [0.29, 0.717) is 0 Å². The highest BCUT2D eigenvalue weighted by Gasteiger charge is 2.05. The van der Waals surface area contributed by atoms with E-state index in [2.05, 4.69) is 16.5 Å². The molecular formula is C12H17N3O. The van der Waals surface area contributed by atoms with Crippen LogP contribution in [0.25, 0.3) is 0 Å². The summed E-state index contributed by atoms with van der Waals surface area (Å²) in [5, 5.41) is 9.43. The lowest BCUT2D eigenvalue weighted by molar-refractivity contribution is 0.199. The van der Waals surface area contributed by atoms with Gasteiger partial charge in [0.2, 0.25) is 0 Å². The quantitative estimate of drug-likeness (QED) is 0.852. The van der Waals surface area contributed by atoms with E-state index < -0.39 is 6.10 Å². The topological polar surface area (TPSA) is 43.0 Å². The SMILES string of the molecule is CCn1ccnc1Cn1ccc(C(C)O)c1. The number of hydrogen-bond donors (Lipinski definition) is 1. The molecule has 0 fully saturated rings. The molecule has 4 nitrogen and oxygen atoms in total. The molecule has 0 saturated carbocycles. The van der Waals surface area contributed by atoms with E-state index in [1.165, 1.54) is 0 Å². The third kappa shape index (κ3) is 2.17. The van der Waals surface area contributed by atoms with Crippen molar-refractivity contribution in [1.82, 2.24) is 14.1 Å². The van der Waals surface area contributed by atoms with E-state index in [1.54, 1.807) is 6.92 Å². The normalized spacial score (nSPS) is 12.9. The molecule has 2 aromatic heterocycles. The number of aliphatic hydroxyl groups is 1. The van der Waals surface area contributed by atoms with E-state index in [9.17, 15) is 5.11 Å². The van der Waals surface area contributed by atoms with Crippen molar-refractivity contribution in [3.05, 3.63) is 42.2 Å². The van der Waals surface area contributed by atoms with Crippen molar-refractivity contribution >= 4 is 0 Å². The van der Waals surface area contributed by atoms with Gasteiger partial charge in [-0.25, -0.2) is 4.98 Å². The van der Waals surface area contributed by atoms with Crippen molar-refractivity contribution in [2.24, 2.45) is 0 Å². The van der Waals surface area contributed by atoms with Crippen molar-refractivity contribution in [1.29, 1.82) is 0 Å². The molecule has 0 spiro atoms. The zero-order chi connectivity index (χ0) is 11.5. The average Bonchev–Trinajstić information content (AvgIpc) is 2.87. The Morgan fingerprint density at radius 3 is 2.88 bits per heavy atom. The third-order valence-corrected chi connectivity index (χ3v) is 2.72. The molecule has 0 aliphatic carbocycles. The number of nitrogens with zero attached hydrogens (tertiary/aromatic N) is 3. The molecule has 0 saturated heterocycles. The molecule has 0 radical (unpaired) electrons. The molecule has 0 amide bonds. The standard InChI is InChI=1S/C12H17N3O/c1-3-15-7-5-13-12(15)9-14-6-4-11(8-14)10(2)16/h4-8,10,16H,3,9H2,1-2H3. The van der Waals surface area contributed by atoms with Crippen LogP contribution in [-0.4, -0.2) is 19.2 Å². The lowest BCUT2D eigenvalue weighted by Crippen LogP contribution is -2.06. The summed E-state index contributed by atoms with van der Waals surface area (Å²) in [5.41, 5.74) is 0.939. The monoisotopic (exact) mass is 219 g/mol. The lowest BCUT2D eigenvalue weighted by Gasteiger charge is -2.05. The summed E-state index contributed by atoms with van der Waals surface area (Å²) in [6, 6.07) is 1.93. The maximum absolute atomic E-state index is 9.43. The summed E-state index contributed by atoms with van der Waals surface area (Å²) in [6.07, 6.45) is 7.31. The largest absolute Gasteiger partial charge is 0.389 e. The molecule has 2 aromatic rings. The molecule has 16 heavy (non-hydrogen) atoms. The van der Waals surface area contributed by atoms with Crippen LogP contribution in [0.5, 0.6) is 0 Å². The van der Waals surface area contributed by atoms with Crippen LogP contribution >= 0.6 is 0 Å². The number of imidazole rings is 1. The molecule has 2 heterocycles. The van der Waals surface area contributed by atoms with Gasteiger partial charge < -0.3 is 14.2 Å². The highest BCUT2D eigenvalue weighted by molar-refractivity contribution is 5.13. The zero-order valence-electron chi connectivity index (χ0n) is 9.67. The Labute approximate surface area is 95.2 Å². The number of aromatic nitrogens is 3. The van der Waals surface area contributed by atoms with Gasteiger partial charge in [-0.05, 0) is 25.5 Å². The molecule has 1 atom stereocenters. The Kier molecular flexibility index (Phi) is 3.10. The highest BCUT2D eigenvalue weighted by atomic mass is 16.3. The molecule has 0 aliphatic rings. The molecule has 2 rings (SSSR count). The van der Waals surface area contributed by atoms with E-state index >= 15 is 0 Å². The summed E-state index contributed by atoms with van der Waals surface area (Å²) in [5.74, 6) is 1.04. The first-order chi connectivity index (χ1) is 7.70. The smallest absolute Gasteiger partial charge is 0.128 e. The van der Waals surface area contributed by atoms with Gasteiger partial charge >= 0.3 is 0 Å². The van der Waals surface area contributed by atoms with Gasteiger partial charge in [-0.15, -0.1) is 0 Å². The van der Waals surface area contributed by atoms with Gasteiger partial charge in [-0.2, -0.15) is 0 Å². The first-order valence-corrected chi connectivity index (χ1v) is 5.54. The van der Waals surface area contributed by atoms with Crippen LogP contribution in [0.4, 0.5) is 0 Å². The minimum Gasteiger partial charge on any atom is -0.389 e. The lowest BCUT2D eigenvalue weighted by atomic mass is 10.2. The summed E-state index contributed by atoms with van der Waals surface area (Å²) in [4.78, 5) is 4.32. The van der Waals surface area contributed by atoms with Crippen LogP contribution in [0.2, 0.25) is 0 Å². The Balaban J connectivity index is 2.14. The first kappa shape index (κ1) is 11.0. The van der Waals surface area contributed by atoms with Crippen LogP contribution in [0, 0.1) is 0 Å². The van der Waals surface area contributed by atoms with Crippen molar-refractivity contribution in [3.63, 3.8) is 0 Å². The second-order valence-corrected chi connectivity index (χ2v) is 3.92. The van der Waals surface area contributed by atoms with E-state index in [-0.39, 0.29) is 0 Å². The van der Waals surface area contributed by atoms with Gasteiger partial charge in [0.1, 0.15) is 5.82 Å². The third-order valence-electron chi connectivity index (χ3n) is 2.72. The van der Waals surface area contributed by atoms with Crippen molar-refractivity contribution in [2.45, 2.75) is 33.0 Å². The second kappa shape index (κ2) is 4.53. The van der Waals surface area contributed by atoms with Crippen molar-refractivity contribution in [2.75, 3.05) is 0 Å². The van der Waals surface area contributed by atoms with Gasteiger partial charge in [0.25, 0.3) is 0 Å². The molecule has 0 aliphatic heterocycles. The molecule has 0 bridgehead atoms. The molecular weight excluding hydrogens is 202 g/mol. The van der Waals surface area contributed by atoms with Crippen LogP contribution < -0.4 is 0 Å². The Hall–Kier alpha value is -1.55. The molecule has 86 valence electrons. The fourth-order valence-electron chi connectivity index (χ4n) is 1.75. The maximum atomic E-state index is 9.43. The maximum Gasteiger partial charge on any atom is 0.128 e. The minimum absolute atomic E-state index is 0.410. The molecule has 1 N–H and O–H groups in total. The Bertz CT molecular complexity index is 456. The fraction of sp³-hybridized carbons (Fsp3) is 0.417. The predicted molar refractivity (Wildman–Crippen MR) is 62.1 cm³/mol. The van der Waals surface area contributed by atoms with E-state index in [1.807, 2.05) is 35.4 Å². The van der Waals surface area contributed by atoms with Gasteiger partial charge in [0.15, 0.2) is 0 Å². The predicted octanol–water partition coefficient (Wildman–Crippen LogP) is 1.81. The Morgan fingerprint density at radius 1 is 1.44 bits per heavy atom. The van der Waals surface area contributed by atoms with Crippen LogP contribution in [0.3, 0.4) is 0 Å². The highest BCUT2D eigenvalue weighted by Crippen LogP contribution is 2.12. The summed E-state index contributed by atoms with van der Waals surface area (Å²) in [6.45, 7) is 5.54. The van der Waals surface area contributed by atoms with Gasteiger partial charge in [-0.1, -0.05) is 0 Å². The van der Waals surface area contributed by atoms with Gasteiger partial charge in [0, 0.05) is 31.3 Å². The van der Waals surface area contributed by atoms with Crippen molar-refractivity contribution in [3.8, 4) is 0 Å². The first-order valence-electron chi connectivity index (χ1n) is 5.54. The summed E-state index contributed by atoms with van der Waals surface area (Å²) < 4.78 is 4.15. The number of rotatable bonds is 4.